The topological polar surface area (TPSA) is 69.4 Å². The minimum Gasteiger partial charge on any atom is -0.487 e. The molecule has 1 aliphatic heterocycles. The van der Waals surface area contributed by atoms with Crippen LogP contribution in [0.25, 0.3) is 16.7 Å². The van der Waals surface area contributed by atoms with Crippen molar-refractivity contribution in [2.24, 2.45) is 0 Å². The summed E-state index contributed by atoms with van der Waals surface area (Å²) in [4.78, 5) is 31.6. The highest BCUT2D eigenvalue weighted by molar-refractivity contribution is 6.32. The predicted molar refractivity (Wildman–Crippen MR) is 136 cm³/mol. The highest BCUT2D eigenvalue weighted by Gasteiger charge is 2.30. The highest BCUT2D eigenvalue weighted by Crippen LogP contribution is 2.30. The van der Waals surface area contributed by atoms with Crippen LogP contribution in [0.5, 0.6) is 5.75 Å². The van der Waals surface area contributed by atoms with E-state index in [0.717, 1.165) is 11.1 Å². The van der Waals surface area contributed by atoms with Crippen LogP contribution in [0, 0.1) is 12.7 Å². The van der Waals surface area contributed by atoms with E-state index in [-0.39, 0.29) is 30.1 Å². The summed E-state index contributed by atoms with van der Waals surface area (Å²) in [5.74, 6) is -0.108. The molecule has 0 aliphatic carbocycles. The van der Waals surface area contributed by atoms with Crippen molar-refractivity contribution >= 4 is 28.5 Å². The second kappa shape index (κ2) is 9.62. The molecule has 9 heteroatoms. The van der Waals surface area contributed by atoms with Crippen LogP contribution in [-0.2, 0) is 11.4 Å². The molecule has 0 spiro atoms. The zero-order chi connectivity index (χ0) is 25.4. The van der Waals surface area contributed by atoms with Crippen LogP contribution in [0.2, 0.25) is 5.02 Å². The van der Waals surface area contributed by atoms with Gasteiger partial charge in [0.1, 0.15) is 18.2 Å². The van der Waals surface area contributed by atoms with Gasteiger partial charge >= 0.3 is 5.69 Å². The molecule has 1 atom stereocenters. The molecule has 1 amide bonds. The number of carbonyl (C=O) groups is 1. The Bertz CT molecular complexity index is 1540. The summed E-state index contributed by atoms with van der Waals surface area (Å²) in [5.41, 5.74) is 2.90. The number of nitrogens with zero attached hydrogens (tertiary/aromatic N) is 4. The Balaban J connectivity index is 1.47. The largest absolute Gasteiger partial charge is 0.487 e. The fourth-order valence-corrected chi connectivity index (χ4v) is 4.85. The Hall–Kier alpha value is -3.91. The van der Waals surface area contributed by atoms with Gasteiger partial charge in [0.05, 0.1) is 34.0 Å². The number of likely N-dealkylation sites (tertiary alicyclic amines) is 1. The number of hydrogen-bond donors (Lipinski definition) is 0. The number of imidazole rings is 1. The Labute approximate surface area is 212 Å². The predicted octanol–water partition coefficient (Wildman–Crippen LogP) is 4.83. The normalized spacial score (nSPS) is 15.4. The highest BCUT2D eigenvalue weighted by atomic mass is 35.5. The molecule has 0 unspecified atom stereocenters. The van der Waals surface area contributed by atoms with Gasteiger partial charge < -0.3 is 9.64 Å². The van der Waals surface area contributed by atoms with Gasteiger partial charge in [0.2, 0.25) is 5.91 Å². The molecule has 0 bridgehead atoms. The average molecular weight is 507 g/mol. The standard InChI is InChI=1S/C27H24ClFN4O3/c1-3-26(34)31-11-9-20(15-31)33-23-8-10-30-14-24(23)32(27(33)35)19-6-7-25(21(28)13-19)36-16-18-5-4-17(2)12-22(18)29/h3-8,10,12-14,20H,1,9,11,15-16H2,2H3/t20-/m1/s1. The minimum atomic E-state index is -0.338. The smallest absolute Gasteiger partial charge is 0.334 e. The van der Waals surface area contributed by atoms with Crippen molar-refractivity contribution < 1.29 is 13.9 Å². The number of fused-ring (bicyclic) bond motifs is 1. The number of hydrogen-bond acceptors (Lipinski definition) is 4. The van der Waals surface area contributed by atoms with Gasteiger partial charge in [-0.05, 0) is 55.3 Å². The monoisotopic (exact) mass is 506 g/mol. The van der Waals surface area contributed by atoms with Gasteiger partial charge in [-0.2, -0.15) is 0 Å². The third kappa shape index (κ3) is 4.28. The van der Waals surface area contributed by atoms with E-state index in [0.29, 0.717) is 47.1 Å². The summed E-state index contributed by atoms with van der Waals surface area (Å²) in [6.07, 6.45) is 5.22. The van der Waals surface area contributed by atoms with Gasteiger partial charge in [0.15, 0.2) is 0 Å². The van der Waals surface area contributed by atoms with Gasteiger partial charge in [-0.15, -0.1) is 0 Å². The van der Waals surface area contributed by atoms with E-state index in [4.69, 9.17) is 16.3 Å². The first kappa shape index (κ1) is 23.8. The molecule has 7 nitrogen and oxygen atoms in total. The molecular formula is C27H24ClFN4O3. The van der Waals surface area contributed by atoms with E-state index in [1.807, 2.05) is 13.0 Å². The van der Waals surface area contributed by atoms with Crippen LogP contribution in [-0.4, -0.2) is 38.0 Å². The molecule has 5 rings (SSSR count). The van der Waals surface area contributed by atoms with Crippen molar-refractivity contribution in [3.8, 4) is 11.4 Å². The van der Waals surface area contributed by atoms with Crippen LogP contribution >= 0.6 is 11.6 Å². The Kier molecular flexibility index (Phi) is 6.36. The summed E-state index contributed by atoms with van der Waals surface area (Å²) in [6.45, 7) is 6.38. The molecular weight excluding hydrogens is 483 g/mol. The average Bonchev–Trinajstić information content (AvgIpc) is 3.45. The number of aryl methyl sites for hydroxylation is 1. The number of benzene rings is 2. The maximum absolute atomic E-state index is 14.2. The molecule has 1 aliphatic rings. The maximum atomic E-state index is 14.2. The Morgan fingerprint density at radius 2 is 2.08 bits per heavy atom. The van der Waals surface area contributed by atoms with E-state index in [2.05, 4.69) is 11.6 Å². The first-order valence-corrected chi connectivity index (χ1v) is 11.9. The third-order valence-electron chi connectivity index (χ3n) is 6.46. The van der Waals surface area contributed by atoms with E-state index < -0.39 is 0 Å². The fraction of sp³-hybridized carbons (Fsp3) is 0.222. The lowest BCUT2D eigenvalue weighted by molar-refractivity contribution is -0.125. The SMILES string of the molecule is C=CC(=O)N1CC[C@@H](n2c(=O)n(-c3ccc(OCc4ccc(C)cc4F)c(Cl)c3)c3cnccc32)C1. The molecule has 2 aromatic carbocycles. The van der Waals surface area contributed by atoms with Crippen LogP contribution < -0.4 is 10.4 Å². The quantitative estimate of drug-likeness (QED) is 0.351. The van der Waals surface area contributed by atoms with Gasteiger partial charge in [0, 0.05) is 24.8 Å². The van der Waals surface area contributed by atoms with Crippen LogP contribution in [0.15, 0.2) is 72.3 Å². The number of aromatic nitrogens is 3. The molecule has 0 radical (unpaired) electrons. The molecule has 1 fully saturated rings. The number of pyridine rings is 1. The lowest BCUT2D eigenvalue weighted by atomic mass is 10.1. The van der Waals surface area contributed by atoms with Gasteiger partial charge in [-0.3, -0.25) is 18.9 Å². The lowest BCUT2D eigenvalue weighted by Crippen LogP contribution is -2.31. The molecule has 0 saturated carbocycles. The second-order valence-electron chi connectivity index (χ2n) is 8.78. The minimum absolute atomic E-state index is 0.0238. The van der Waals surface area contributed by atoms with Crippen molar-refractivity contribution in [2.45, 2.75) is 26.0 Å². The molecule has 184 valence electrons. The first-order chi connectivity index (χ1) is 17.4. The van der Waals surface area contributed by atoms with E-state index in [1.165, 1.54) is 12.1 Å². The van der Waals surface area contributed by atoms with Gasteiger partial charge in [0.25, 0.3) is 0 Å². The number of rotatable bonds is 6. The van der Waals surface area contributed by atoms with Crippen molar-refractivity contribution in [1.82, 2.24) is 19.0 Å². The molecule has 4 aromatic rings. The zero-order valence-corrected chi connectivity index (χ0v) is 20.4. The van der Waals surface area contributed by atoms with Gasteiger partial charge in [-0.25, -0.2) is 9.18 Å². The van der Waals surface area contributed by atoms with E-state index >= 15 is 0 Å². The summed E-state index contributed by atoms with van der Waals surface area (Å²) in [6, 6.07) is 11.6. The number of ether oxygens (including phenoxy) is 1. The lowest BCUT2D eigenvalue weighted by Gasteiger charge is -2.15. The van der Waals surface area contributed by atoms with Gasteiger partial charge in [-0.1, -0.05) is 30.3 Å². The first-order valence-electron chi connectivity index (χ1n) is 11.5. The van der Waals surface area contributed by atoms with Crippen molar-refractivity contribution in [2.75, 3.05) is 13.1 Å². The van der Waals surface area contributed by atoms with Crippen molar-refractivity contribution in [1.29, 1.82) is 0 Å². The van der Waals surface area contributed by atoms with E-state index in [9.17, 15) is 14.0 Å². The third-order valence-corrected chi connectivity index (χ3v) is 6.75. The van der Waals surface area contributed by atoms with E-state index in [1.54, 1.807) is 56.8 Å². The van der Waals surface area contributed by atoms with Crippen LogP contribution in [0.3, 0.4) is 0 Å². The Morgan fingerprint density at radius 1 is 1.25 bits per heavy atom. The van der Waals surface area contributed by atoms with Crippen LogP contribution in [0.4, 0.5) is 4.39 Å². The summed E-state index contributed by atoms with van der Waals surface area (Å²) in [7, 11) is 0. The van der Waals surface area contributed by atoms with Crippen LogP contribution in [0.1, 0.15) is 23.6 Å². The summed E-state index contributed by atoms with van der Waals surface area (Å²) >= 11 is 6.51. The summed E-state index contributed by atoms with van der Waals surface area (Å²) < 4.78 is 23.2. The number of amides is 1. The summed E-state index contributed by atoms with van der Waals surface area (Å²) in [5, 5.41) is 0.292. The van der Waals surface area contributed by atoms with Crippen molar-refractivity contribution in [3.63, 3.8) is 0 Å². The zero-order valence-electron chi connectivity index (χ0n) is 19.7. The molecule has 36 heavy (non-hydrogen) atoms. The van der Waals surface area contributed by atoms with Crippen molar-refractivity contribution in [3.05, 3.63) is 100.0 Å². The molecule has 1 saturated heterocycles. The Morgan fingerprint density at radius 3 is 2.83 bits per heavy atom. The number of carbonyl (C=O) groups excluding carboxylic acids is 1. The maximum Gasteiger partial charge on any atom is 0.334 e. The molecule has 3 heterocycles. The second-order valence-corrected chi connectivity index (χ2v) is 9.19. The molecule has 2 aromatic heterocycles. The number of halogens is 2. The fourth-order valence-electron chi connectivity index (χ4n) is 4.62. The molecule has 0 N–H and O–H groups in total.